The number of hydrogen-bond acceptors (Lipinski definition) is 1. The summed E-state index contributed by atoms with van der Waals surface area (Å²) in [6, 6.07) is 0. The Balaban J connectivity index is 4.19. The van der Waals surface area contributed by atoms with Crippen LogP contribution in [0.15, 0.2) is 27.4 Å². The standard InChI is InChI=1S/C6H7BrIN/c1-3-5(8)6(7)9-4-2/h3-4H,2H2,1H3/b5-3+,9-6+. The summed E-state index contributed by atoms with van der Waals surface area (Å²) < 4.78 is 1.92. The molecular weight excluding hydrogens is 293 g/mol. The Kier molecular flexibility index (Phi) is 5.38. The number of aliphatic imine (C=N–C) groups is 1. The second-order valence-corrected chi connectivity index (χ2v) is 3.15. The average molecular weight is 300 g/mol. The monoisotopic (exact) mass is 299 g/mol. The van der Waals surface area contributed by atoms with Gasteiger partial charge in [0.25, 0.3) is 0 Å². The summed E-state index contributed by atoms with van der Waals surface area (Å²) in [7, 11) is 0. The highest BCUT2D eigenvalue weighted by Crippen LogP contribution is 2.12. The van der Waals surface area contributed by atoms with Gasteiger partial charge in [-0.15, -0.1) is 0 Å². The first-order chi connectivity index (χ1) is 4.22. The van der Waals surface area contributed by atoms with Gasteiger partial charge in [0.1, 0.15) is 4.62 Å². The summed E-state index contributed by atoms with van der Waals surface area (Å²) in [5.41, 5.74) is 0. The molecule has 1 nitrogen and oxygen atoms in total. The van der Waals surface area contributed by atoms with Crippen LogP contribution in [0.25, 0.3) is 0 Å². The van der Waals surface area contributed by atoms with Crippen molar-refractivity contribution in [3.63, 3.8) is 0 Å². The zero-order chi connectivity index (χ0) is 7.28. The molecule has 0 unspecified atom stereocenters. The van der Waals surface area contributed by atoms with E-state index < -0.39 is 0 Å². The minimum atomic E-state index is 0.834. The van der Waals surface area contributed by atoms with E-state index in [1.807, 2.05) is 13.0 Å². The topological polar surface area (TPSA) is 12.4 Å². The molecule has 50 valence electrons. The minimum Gasteiger partial charge on any atom is -0.249 e. The molecule has 3 heteroatoms. The van der Waals surface area contributed by atoms with Crippen molar-refractivity contribution in [2.75, 3.05) is 0 Å². The summed E-state index contributed by atoms with van der Waals surface area (Å²) in [6.45, 7) is 5.43. The number of rotatable bonds is 2. The van der Waals surface area contributed by atoms with Gasteiger partial charge in [-0.1, -0.05) is 12.7 Å². The van der Waals surface area contributed by atoms with E-state index in [1.54, 1.807) is 0 Å². The molecule has 0 aromatic heterocycles. The maximum Gasteiger partial charge on any atom is 0.118 e. The number of allylic oxidation sites excluding steroid dienone is 2. The molecule has 0 aliphatic carbocycles. The van der Waals surface area contributed by atoms with Gasteiger partial charge in [-0.05, 0) is 45.4 Å². The van der Waals surface area contributed by atoms with E-state index in [2.05, 4.69) is 50.1 Å². The average Bonchev–Trinajstić information content (AvgIpc) is 1.87. The molecular formula is C6H7BrIN. The Morgan fingerprint density at radius 1 is 1.78 bits per heavy atom. The van der Waals surface area contributed by atoms with Gasteiger partial charge in [-0.2, -0.15) is 0 Å². The van der Waals surface area contributed by atoms with Crippen LogP contribution in [0.1, 0.15) is 6.92 Å². The van der Waals surface area contributed by atoms with Crippen LogP contribution in [0.2, 0.25) is 0 Å². The quantitative estimate of drug-likeness (QED) is 0.548. The molecule has 0 atom stereocenters. The third-order valence-corrected chi connectivity index (χ3v) is 3.16. The summed E-state index contributed by atoms with van der Waals surface area (Å²) in [5.74, 6) is 0. The zero-order valence-electron chi connectivity index (χ0n) is 5.06. The lowest BCUT2D eigenvalue weighted by Gasteiger charge is -1.89. The van der Waals surface area contributed by atoms with E-state index in [0.717, 1.165) is 8.20 Å². The fourth-order valence-electron chi connectivity index (χ4n) is 0.261. The fourth-order valence-corrected chi connectivity index (χ4v) is 0.774. The molecule has 0 saturated carbocycles. The van der Waals surface area contributed by atoms with Crippen LogP contribution >= 0.6 is 38.5 Å². The van der Waals surface area contributed by atoms with Crippen molar-refractivity contribution in [2.45, 2.75) is 6.92 Å². The van der Waals surface area contributed by atoms with E-state index in [-0.39, 0.29) is 0 Å². The molecule has 0 aliphatic rings. The molecule has 0 N–H and O–H groups in total. The highest BCUT2D eigenvalue weighted by atomic mass is 127. The van der Waals surface area contributed by atoms with Gasteiger partial charge in [0.2, 0.25) is 0 Å². The third-order valence-electron chi connectivity index (χ3n) is 0.655. The molecule has 0 aromatic rings. The van der Waals surface area contributed by atoms with Crippen molar-refractivity contribution in [1.29, 1.82) is 0 Å². The van der Waals surface area contributed by atoms with Crippen LogP contribution in [-0.4, -0.2) is 4.62 Å². The molecule has 0 fully saturated rings. The van der Waals surface area contributed by atoms with Crippen LogP contribution in [-0.2, 0) is 0 Å². The highest BCUT2D eigenvalue weighted by Gasteiger charge is 1.92. The van der Waals surface area contributed by atoms with Gasteiger partial charge in [-0.25, -0.2) is 4.99 Å². The van der Waals surface area contributed by atoms with Crippen LogP contribution < -0.4 is 0 Å². The van der Waals surface area contributed by atoms with Gasteiger partial charge in [0.05, 0.1) is 0 Å². The smallest absolute Gasteiger partial charge is 0.118 e. The summed E-state index contributed by atoms with van der Waals surface area (Å²) in [5, 5.41) is 0. The zero-order valence-corrected chi connectivity index (χ0v) is 8.81. The normalized spacial score (nSPS) is 13.7. The molecule has 9 heavy (non-hydrogen) atoms. The fraction of sp³-hybridized carbons (Fsp3) is 0.167. The van der Waals surface area contributed by atoms with Crippen molar-refractivity contribution in [3.05, 3.63) is 22.4 Å². The van der Waals surface area contributed by atoms with Gasteiger partial charge >= 0.3 is 0 Å². The largest absolute Gasteiger partial charge is 0.249 e. The number of nitrogens with zero attached hydrogens (tertiary/aromatic N) is 1. The highest BCUT2D eigenvalue weighted by molar-refractivity contribution is 14.1. The second-order valence-electron chi connectivity index (χ2n) is 1.24. The molecule has 0 radical (unpaired) electrons. The van der Waals surface area contributed by atoms with Crippen molar-refractivity contribution >= 4 is 43.1 Å². The molecule has 0 amide bonds. The molecule has 0 saturated heterocycles. The Morgan fingerprint density at radius 2 is 2.33 bits per heavy atom. The summed E-state index contributed by atoms with van der Waals surface area (Å²) in [6.07, 6.45) is 3.48. The van der Waals surface area contributed by atoms with E-state index >= 15 is 0 Å². The molecule has 0 bridgehead atoms. The van der Waals surface area contributed by atoms with Crippen molar-refractivity contribution < 1.29 is 0 Å². The molecule has 0 rings (SSSR count). The first kappa shape index (κ1) is 9.36. The number of hydrogen-bond donors (Lipinski definition) is 0. The van der Waals surface area contributed by atoms with Crippen LogP contribution in [0.4, 0.5) is 0 Å². The van der Waals surface area contributed by atoms with Crippen molar-refractivity contribution in [3.8, 4) is 0 Å². The third kappa shape index (κ3) is 3.86. The minimum absolute atomic E-state index is 0.834. The molecule has 0 aromatic carbocycles. The predicted octanol–water partition coefficient (Wildman–Crippen LogP) is 3.26. The lowest BCUT2D eigenvalue weighted by Crippen LogP contribution is -1.81. The summed E-state index contributed by atoms with van der Waals surface area (Å²) >= 11 is 5.46. The van der Waals surface area contributed by atoms with Gasteiger partial charge < -0.3 is 0 Å². The van der Waals surface area contributed by atoms with Crippen LogP contribution in [0.5, 0.6) is 0 Å². The van der Waals surface area contributed by atoms with Crippen LogP contribution in [0.3, 0.4) is 0 Å². The Labute approximate surface area is 77.2 Å². The SMILES string of the molecule is C=C/N=C(Br)\C(I)=C/C. The Morgan fingerprint density at radius 3 is 2.67 bits per heavy atom. The Hall–Kier alpha value is 0.360. The van der Waals surface area contributed by atoms with E-state index in [9.17, 15) is 0 Å². The van der Waals surface area contributed by atoms with Crippen molar-refractivity contribution in [1.82, 2.24) is 0 Å². The Bertz CT molecular complexity index is 160. The first-order valence-electron chi connectivity index (χ1n) is 2.38. The van der Waals surface area contributed by atoms with E-state index in [1.165, 1.54) is 6.20 Å². The first-order valence-corrected chi connectivity index (χ1v) is 4.26. The maximum absolute atomic E-state index is 3.92. The lowest BCUT2D eigenvalue weighted by atomic mass is 10.6. The lowest BCUT2D eigenvalue weighted by molar-refractivity contribution is 1.61. The molecule has 0 aliphatic heterocycles. The van der Waals surface area contributed by atoms with Gasteiger partial charge in [0.15, 0.2) is 0 Å². The second kappa shape index (κ2) is 5.17. The van der Waals surface area contributed by atoms with E-state index in [4.69, 9.17) is 0 Å². The molecule has 0 heterocycles. The molecule has 0 spiro atoms. The summed E-state index contributed by atoms with van der Waals surface area (Å²) in [4.78, 5) is 3.92. The van der Waals surface area contributed by atoms with Crippen LogP contribution in [0, 0.1) is 0 Å². The number of halogens is 2. The van der Waals surface area contributed by atoms with Crippen molar-refractivity contribution in [2.24, 2.45) is 4.99 Å². The maximum atomic E-state index is 3.92. The predicted molar refractivity (Wildman–Crippen MR) is 54.3 cm³/mol. The van der Waals surface area contributed by atoms with E-state index in [0.29, 0.717) is 0 Å². The van der Waals surface area contributed by atoms with Gasteiger partial charge in [-0.3, -0.25) is 0 Å². The van der Waals surface area contributed by atoms with Gasteiger partial charge in [0, 0.05) is 9.78 Å².